The second-order valence-electron chi connectivity index (χ2n) is 4.60. The molecule has 0 fully saturated rings. The van der Waals surface area contributed by atoms with Crippen LogP contribution in [0.15, 0.2) is 36.9 Å². The smallest absolute Gasteiger partial charge is 0.111 e. The monoisotopic (exact) mass is 257 g/mol. The van der Waals surface area contributed by atoms with Crippen molar-refractivity contribution in [2.45, 2.75) is 32.9 Å². The van der Waals surface area contributed by atoms with E-state index in [0.29, 0.717) is 12.2 Å². The number of aromatic nitrogens is 3. The van der Waals surface area contributed by atoms with Gasteiger partial charge in [0, 0.05) is 0 Å². The van der Waals surface area contributed by atoms with Gasteiger partial charge in [0.2, 0.25) is 0 Å². The summed E-state index contributed by atoms with van der Waals surface area (Å²) >= 11 is 0. The summed E-state index contributed by atoms with van der Waals surface area (Å²) in [4.78, 5) is 0. The van der Waals surface area contributed by atoms with Crippen molar-refractivity contribution >= 4 is 0 Å². The molecule has 100 valence electrons. The van der Waals surface area contributed by atoms with Crippen molar-refractivity contribution in [3.8, 4) is 0 Å². The lowest BCUT2D eigenvalue weighted by Gasteiger charge is -2.06. The fraction of sp³-hybridized carbons (Fsp3) is 0.333. The third kappa shape index (κ3) is 3.29. The number of hydrogen-bond donors (Lipinski definition) is 1. The lowest BCUT2D eigenvalue weighted by molar-refractivity contribution is 0.275. The lowest BCUT2D eigenvalue weighted by Crippen LogP contribution is -2.06. The molecule has 0 aliphatic heterocycles. The van der Waals surface area contributed by atoms with Crippen molar-refractivity contribution in [3.05, 3.63) is 59.4 Å². The van der Waals surface area contributed by atoms with Crippen molar-refractivity contribution in [3.63, 3.8) is 0 Å². The molecule has 0 spiro atoms. The first-order chi connectivity index (χ1) is 9.24. The molecule has 0 aliphatic rings. The second-order valence-corrected chi connectivity index (χ2v) is 4.60. The van der Waals surface area contributed by atoms with Gasteiger partial charge >= 0.3 is 0 Å². The first kappa shape index (κ1) is 13.5. The minimum atomic E-state index is -0.0691. The Hall–Kier alpha value is -1.94. The molecule has 0 saturated heterocycles. The molecule has 1 N–H and O–H groups in total. The number of nitrogens with zero attached hydrogens (tertiary/aromatic N) is 3. The second kappa shape index (κ2) is 6.29. The molecule has 0 radical (unpaired) electrons. The minimum absolute atomic E-state index is 0.0691. The maximum atomic E-state index is 9.29. The van der Waals surface area contributed by atoms with Crippen molar-refractivity contribution in [1.82, 2.24) is 15.0 Å². The average Bonchev–Trinajstić information content (AvgIpc) is 2.81. The number of aliphatic hydroxyl groups excluding tert-OH is 1. The van der Waals surface area contributed by atoms with Gasteiger partial charge in [-0.1, -0.05) is 41.1 Å². The van der Waals surface area contributed by atoms with Crippen LogP contribution < -0.4 is 0 Å². The summed E-state index contributed by atoms with van der Waals surface area (Å²) in [7, 11) is 0. The van der Waals surface area contributed by atoms with Gasteiger partial charge in [-0.2, -0.15) is 0 Å². The summed E-state index contributed by atoms with van der Waals surface area (Å²) in [5.74, 6) is 0. The summed E-state index contributed by atoms with van der Waals surface area (Å²) in [6.45, 7) is 6.34. The molecule has 1 aromatic carbocycles. The molecular weight excluding hydrogens is 238 g/mol. The Bertz CT molecular complexity index is 543. The first-order valence-corrected chi connectivity index (χ1v) is 6.43. The highest BCUT2D eigenvalue weighted by molar-refractivity contribution is 5.22. The molecule has 0 bridgehead atoms. The fourth-order valence-corrected chi connectivity index (χ4v) is 2.05. The molecule has 4 heteroatoms. The molecule has 19 heavy (non-hydrogen) atoms. The molecular formula is C15H19N3O. The van der Waals surface area contributed by atoms with E-state index in [-0.39, 0.29) is 6.61 Å². The van der Waals surface area contributed by atoms with E-state index in [2.05, 4.69) is 48.1 Å². The van der Waals surface area contributed by atoms with Crippen molar-refractivity contribution in [2.24, 2.45) is 0 Å². The molecule has 1 aromatic heterocycles. The molecule has 2 aromatic rings. The van der Waals surface area contributed by atoms with Gasteiger partial charge in [-0.25, -0.2) is 4.68 Å². The topological polar surface area (TPSA) is 50.9 Å². The van der Waals surface area contributed by atoms with Crippen LogP contribution in [0.2, 0.25) is 0 Å². The van der Waals surface area contributed by atoms with E-state index in [9.17, 15) is 5.11 Å². The number of benzene rings is 1. The van der Waals surface area contributed by atoms with Gasteiger partial charge in [0.05, 0.1) is 18.8 Å². The Balaban J connectivity index is 2.11. The van der Waals surface area contributed by atoms with Crippen LogP contribution in [0.1, 0.15) is 22.5 Å². The third-order valence-electron chi connectivity index (χ3n) is 3.14. The van der Waals surface area contributed by atoms with E-state index in [4.69, 9.17) is 0 Å². The zero-order valence-electron chi connectivity index (χ0n) is 11.2. The maximum Gasteiger partial charge on any atom is 0.111 e. The van der Waals surface area contributed by atoms with Gasteiger partial charge in [0.1, 0.15) is 5.69 Å². The van der Waals surface area contributed by atoms with Crippen LogP contribution in [0.3, 0.4) is 0 Å². The van der Waals surface area contributed by atoms with Crippen LogP contribution in [-0.2, 0) is 26.0 Å². The number of hydrogen-bond acceptors (Lipinski definition) is 3. The first-order valence-electron chi connectivity index (χ1n) is 6.43. The number of aliphatic hydroxyl groups is 1. The molecule has 0 unspecified atom stereocenters. The van der Waals surface area contributed by atoms with Crippen LogP contribution in [0.25, 0.3) is 0 Å². The van der Waals surface area contributed by atoms with E-state index in [1.54, 1.807) is 10.8 Å². The zero-order valence-corrected chi connectivity index (χ0v) is 11.2. The summed E-state index contributed by atoms with van der Waals surface area (Å²) in [5, 5.41) is 17.3. The third-order valence-corrected chi connectivity index (χ3v) is 3.14. The van der Waals surface area contributed by atoms with Gasteiger partial charge in [-0.05, 0) is 25.3 Å². The maximum absolute atomic E-state index is 9.29. The molecule has 1 heterocycles. The molecule has 0 atom stereocenters. The highest BCUT2D eigenvalue weighted by atomic mass is 16.3. The van der Waals surface area contributed by atoms with Crippen molar-refractivity contribution in [2.75, 3.05) is 0 Å². The van der Waals surface area contributed by atoms with Gasteiger partial charge in [-0.3, -0.25) is 0 Å². The summed E-state index contributed by atoms with van der Waals surface area (Å²) in [5.41, 5.74) is 4.19. The average molecular weight is 257 g/mol. The van der Waals surface area contributed by atoms with Crippen LogP contribution in [0.4, 0.5) is 0 Å². The predicted molar refractivity (Wildman–Crippen MR) is 74.7 cm³/mol. The van der Waals surface area contributed by atoms with Crippen LogP contribution in [-0.4, -0.2) is 20.1 Å². The quantitative estimate of drug-likeness (QED) is 0.806. The highest BCUT2D eigenvalue weighted by Crippen LogP contribution is 2.12. The Morgan fingerprint density at radius 3 is 2.63 bits per heavy atom. The van der Waals surface area contributed by atoms with E-state index in [1.165, 1.54) is 11.1 Å². The fourth-order valence-electron chi connectivity index (χ4n) is 2.05. The van der Waals surface area contributed by atoms with Crippen LogP contribution in [0.5, 0.6) is 0 Å². The van der Waals surface area contributed by atoms with Gasteiger partial charge in [0.25, 0.3) is 0 Å². The standard InChI is InChI=1S/C15H19N3O/c1-3-10-18-15(14(11-19)16-17-18)9-8-13-6-4-12(2)5-7-13/h3-7,19H,1,8-11H2,2H3. The number of rotatable bonds is 6. The van der Waals surface area contributed by atoms with E-state index >= 15 is 0 Å². The Morgan fingerprint density at radius 1 is 1.26 bits per heavy atom. The Labute approximate surface area is 113 Å². The van der Waals surface area contributed by atoms with Crippen molar-refractivity contribution in [1.29, 1.82) is 0 Å². The Morgan fingerprint density at radius 2 is 2.00 bits per heavy atom. The van der Waals surface area contributed by atoms with Crippen LogP contribution >= 0.6 is 0 Å². The van der Waals surface area contributed by atoms with Gasteiger partial charge in [-0.15, -0.1) is 11.7 Å². The summed E-state index contributed by atoms with van der Waals surface area (Å²) in [6.07, 6.45) is 3.52. The Kier molecular flexibility index (Phi) is 4.47. The normalized spacial score (nSPS) is 10.6. The molecule has 0 aliphatic carbocycles. The van der Waals surface area contributed by atoms with Crippen LogP contribution in [0, 0.1) is 6.92 Å². The molecule has 4 nitrogen and oxygen atoms in total. The number of allylic oxidation sites excluding steroid dienone is 1. The van der Waals surface area contributed by atoms with Gasteiger partial charge < -0.3 is 5.11 Å². The lowest BCUT2D eigenvalue weighted by atomic mass is 10.1. The van der Waals surface area contributed by atoms with E-state index in [1.807, 2.05) is 0 Å². The minimum Gasteiger partial charge on any atom is -0.390 e. The molecule has 0 amide bonds. The van der Waals surface area contributed by atoms with Gasteiger partial charge in [0.15, 0.2) is 0 Å². The predicted octanol–water partition coefficient (Wildman–Crippen LogP) is 2.05. The summed E-state index contributed by atoms with van der Waals surface area (Å²) in [6, 6.07) is 8.49. The number of aryl methyl sites for hydroxylation is 2. The molecule has 0 saturated carbocycles. The van der Waals surface area contributed by atoms with Crippen molar-refractivity contribution < 1.29 is 5.11 Å². The SMILES string of the molecule is C=CCn1nnc(CO)c1CCc1ccc(C)cc1. The van der Waals surface area contributed by atoms with E-state index < -0.39 is 0 Å². The highest BCUT2D eigenvalue weighted by Gasteiger charge is 2.11. The summed E-state index contributed by atoms with van der Waals surface area (Å²) < 4.78 is 1.80. The largest absolute Gasteiger partial charge is 0.390 e. The molecule has 2 rings (SSSR count). The zero-order chi connectivity index (χ0) is 13.7. The van der Waals surface area contributed by atoms with E-state index in [0.717, 1.165) is 18.5 Å².